The maximum absolute atomic E-state index is 12.3. The van der Waals surface area contributed by atoms with E-state index in [0.717, 1.165) is 24.1 Å². The van der Waals surface area contributed by atoms with Crippen molar-refractivity contribution in [3.05, 3.63) is 70.1 Å². The number of rotatable bonds is 7. The van der Waals surface area contributed by atoms with Crippen molar-refractivity contribution in [1.29, 1.82) is 0 Å². The smallest absolute Gasteiger partial charge is 0.257 e. The quantitative estimate of drug-likeness (QED) is 0.547. The maximum atomic E-state index is 12.3. The Morgan fingerprint density at radius 3 is 2.64 bits per heavy atom. The van der Waals surface area contributed by atoms with Crippen LogP contribution in [-0.2, 0) is 11.2 Å². The highest BCUT2D eigenvalue weighted by Gasteiger charge is 2.10. The van der Waals surface area contributed by atoms with Gasteiger partial charge in [0, 0.05) is 35.0 Å². The van der Waals surface area contributed by atoms with Gasteiger partial charge in [-0.05, 0) is 36.6 Å². The van der Waals surface area contributed by atoms with E-state index in [0.29, 0.717) is 22.3 Å². The van der Waals surface area contributed by atoms with Gasteiger partial charge in [0.2, 0.25) is 5.91 Å². The monoisotopic (exact) mass is 413 g/mol. The minimum Gasteiger partial charge on any atom is -0.356 e. The Bertz CT molecular complexity index is 970. The number of carbonyl (C=O) groups is 2. The van der Waals surface area contributed by atoms with Gasteiger partial charge < -0.3 is 5.32 Å². The average molecular weight is 414 g/mol. The van der Waals surface area contributed by atoms with Crippen LogP contribution in [0, 0.1) is 0 Å². The predicted octanol–water partition coefficient (Wildman–Crippen LogP) is 4.78. The molecule has 2 N–H and O–H groups in total. The fourth-order valence-electron chi connectivity index (χ4n) is 2.66. The summed E-state index contributed by atoms with van der Waals surface area (Å²) in [6.07, 6.45) is 1.80. The second-order valence-corrected chi connectivity index (χ2v) is 7.58. The fraction of sp³-hybridized carbons (Fsp3) is 0.190. The highest BCUT2D eigenvalue weighted by Crippen LogP contribution is 2.26. The van der Waals surface area contributed by atoms with Crippen LogP contribution in [0.4, 0.5) is 5.13 Å². The van der Waals surface area contributed by atoms with E-state index in [4.69, 9.17) is 11.6 Å². The third kappa shape index (κ3) is 5.65. The molecule has 0 fully saturated rings. The Morgan fingerprint density at radius 2 is 1.93 bits per heavy atom. The number of aryl methyl sites for hydroxylation is 1. The van der Waals surface area contributed by atoms with Gasteiger partial charge in [-0.15, -0.1) is 11.3 Å². The molecule has 7 heteroatoms. The number of hydrogen-bond donors (Lipinski definition) is 2. The molecule has 0 spiro atoms. The molecule has 0 saturated heterocycles. The molecule has 0 radical (unpaired) electrons. The van der Waals surface area contributed by atoms with Crippen LogP contribution in [0.25, 0.3) is 11.3 Å². The van der Waals surface area contributed by atoms with E-state index in [1.807, 2.05) is 17.5 Å². The van der Waals surface area contributed by atoms with Crippen molar-refractivity contribution >= 4 is 39.9 Å². The van der Waals surface area contributed by atoms with Gasteiger partial charge in [-0.1, -0.05) is 41.9 Å². The van der Waals surface area contributed by atoms with Crippen LogP contribution in [-0.4, -0.2) is 23.3 Å². The summed E-state index contributed by atoms with van der Waals surface area (Å²) in [7, 11) is 0. The number of benzene rings is 2. The molecule has 0 aliphatic carbocycles. The van der Waals surface area contributed by atoms with E-state index in [1.165, 1.54) is 23.8 Å². The van der Waals surface area contributed by atoms with Crippen LogP contribution < -0.4 is 10.6 Å². The summed E-state index contributed by atoms with van der Waals surface area (Å²) in [6, 6.07) is 15.0. The van der Waals surface area contributed by atoms with Crippen LogP contribution in [0.2, 0.25) is 5.02 Å². The van der Waals surface area contributed by atoms with Gasteiger partial charge in [0.05, 0.1) is 5.69 Å². The van der Waals surface area contributed by atoms with Crippen LogP contribution >= 0.6 is 22.9 Å². The summed E-state index contributed by atoms with van der Waals surface area (Å²) in [5.41, 5.74) is 3.51. The van der Waals surface area contributed by atoms with Gasteiger partial charge in [0.25, 0.3) is 5.91 Å². The van der Waals surface area contributed by atoms with Crippen LogP contribution in [0.5, 0.6) is 0 Å². The number of nitrogens with one attached hydrogen (secondary N) is 2. The number of hydrogen-bond acceptors (Lipinski definition) is 4. The van der Waals surface area contributed by atoms with E-state index in [2.05, 4.69) is 27.8 Å². The third-order valence-corrected chi connectivity index (χ3v) is 5.07. The lowest BCUT2D eigenvalue weighted by Gasteiger charge is -2.04. The third-order valence-electron chi connectivity index (χ3n) is 4.08. The molecule has 0 atom stereocenters. The summed E-state index contributed by atoms with van der Waals surface area (Å²) in [6.45, 7) is 2.20. The number of thiazole rings is 1. The van der Waals surface area contributed by atoms with Crippen LogP contribution in [0.15, 0.2) is 53.9 Å². The summed E-state index contributed by atoms with van der Waals surface area (Å²) in [5.74, 6) is -0.241. The molecule has 3 rings (SSSR count). The molecule has 3 aromatic rings. The van der Waals surface area contributed by atoms with Crippen molar-refractivity contribution in [2.45, 2.75) is 19.8 Å². The number of nitrogens with zero attached hydrogens (tertiary/aromatic N) is 1. The second kappa shape index (κ2) is 9.48. The van der Waals surface area contributed by atoms with Crippen molar-refractivity contribution in [3.8, 4) is 11.3 Å². The van der Waals surface area contributed by atoms with Gasteiger partial charge in [-0.2, -0.15) is 0 Å². The molecule has 2 amide bonds. The molecular formula is C21H20ClN3O2S. The Hall–Kier alpha value is -2.70. The number of anilines is 1. The molecule has 2 aromatic carbocycles. The molecular weight excluding hydrogens is 394 g/mol. The SMILES string of the molecule is CC(=O)NCCCc1ccc(-c2csc(NC(=O)c3cccc(Cl)c3)n2)cc1. The summed E-state index contributed by atoms with van der Waals surface area (Å²) >= 11 is 7.31. The molecule has 1 heterocycles. The molecule has 0 aliphatic rings. The van der Waals surface area contributed by atoms with Gasteiger partial charge in [0.1, 0.15) is 0 Å². The molecule has 28 heavy (non-hydrogen) atoms. The minimum atomic E-state index is -0.238. The van der Waals surface area contributed by atoms with E-state index in [1.54, 1.807) is 24.3 Å². The lowest BCUT2D eigenvalue weighted by atomic mass is 10.1. The number of halogens is 1. The zero-order valence-electron chi connectivity index (χ0n) is 15.4. The molecule has 0 unspecified atom stereocenters. The lowest BCUT2D eigenvalue weighted by molar-refractivity contribution is -0.118. The summed E-state index contributed by atoms with van der Waals surface area (Å²) in [4.78, 5) is 27.7. The number of carbonyl (C=O) groups excluding carboxylic acids is 2. The van der Waals surface area contributed by atoms with E-state index in [-0.39, 0.29) is 11.8 Å². The van der Waals surface area contributed by atoms with Gasteiger partial charge in [-0.3, -0.25) is 14.9 Å². The Balaban J connectivity index is 1.59. The molecule has 0 bridgehead atoms. The Labute approximate surface area is 172 Å². The number of aromatic nitrogens is 1. The van der Waals surface area contributed by atoms with Gasteiger partial charge in [0.15, 0.2) is 5.13 Å². The summed E-state index contributed by atoms with van der Waals surface area (Å²) < 4.78 is 0. The minimum absolute atomic E-state index is 0.00265. The first-order valence-corrected chi connectivity index (χ1v) is 10.1. The second-order valence-electron chi connectivity index (χ2n) is 6.29. The van der Waals surface area contributed by atoms with E-state index < -0.39 is 0 Å². The Morgan fingerprint density at radius 1 is 1.14 bits per heavy atom. The Kier molecular flexibility index (Phi) is 6.79. The van der Waals surface area contributed by atoms with Crippen molar-refractivity contribution in [2.24, 2.45) is 0 Å². The summed E-state index contributed by atoms with van der Waals surface area (Å²) in [5, 5.41) is 8.58. The van der Waals surface area contributed by atoms with Crippen molar-refractivity contribution in [3.63, 3.8) is 0 Å². The van der Waals surface area contributed by atoms with Crippen molar-refractivity contribution < 1.29 is 9.59 Å². The molecule has 0 aliphatic heterocycles. The first-order valence-electron chi connectivity index (χ1n) is 8.87. The first kappa shape index (κ1) is 20.0. The zero-order valence-corrected chi connectivity index (χ0v) is 16.9. The van der Waals surface area contributed by atoms with Crippen molar-refractivity contribution in [1.82, 2.24) is 10.3 Å². The predicted molar refractivity (Wildman–Crippen MR) is 114 cm³/mol. The highest BCUT2D eigenvalue weighted by atomic mass is 35.5. The van der Waals surface area contributed by atoms with Gasteiger partial charge >= 0.3 is 0 Å². The zero-order chi connectivity index (χ0) is 19.9. The fourth-order valence-corrected chi connectivity index (χ4v) is 3.57. The molecule has 144 valence electrons. The molecule has 5 nitrogen and oxygen atoms in total. The van der Waals surface area contributed by atoms with Crippen LogP contribution in [0.1, 0.15) is 29.3 Å². The first-order chi connectivity index (χ1) is 13.5. The van der Waals surface area contributed by atoms with Crippen molar-refractivity contribution in [2.75, 3.05) is 11.9 Å². The average Bonchev–Trinajstić information content (AvgIpc) is 3.14. The van der Waals surface area contributed by atoms with E-state index >= 15 is 0 Å². The highest BCUT2D eigenvalue weighted by molar-refractivity contribution is 7.14. The molecule has 1 aromatic heterocycles. The number of amides is 2. The molecule has 0 saturated carbocycles. The van der Waals surface area contributed by atoms with E-state index in [9.17, 15) is 9.59 Å². The normalized spacial score (nSPS) is 10.5. The van der Waals surface area contributed by atoms with Gasteiger partial charge in [-0.25, -0.2) is 4.98 Å². The van der Waals surface area contributed by atoms with Crippen LogP contribution in [0.3, 0.4) is 0 Å². The largest absolute Gasteiger partial charge is 0.356 e. The standard InChI is InChI=1S/C21H20ClN3O2S/c1-14(26)23-11-3-4-15-7-9-16(10-8-15)19-13-28-21(24-19)25-20(27)17-5-2-6-18(22)12-17/h2,5-10,12-13H,3-4,11H2,1H3,(H,23,26)(H,24,25,27). The lowest BCUT2D eigenvalue weighted by Crippen LogP contribution is -2.21. The maximum Gasteiger partial charge on any atom is 0.257 e. The topological polar surface area (TPSA) is 71.1 Å².